The Bertz CT molecular complexity index is 1570. The first-order valence-corrected chi connectivity index (χ1v) is 16.7. The van der Waals surface area contributed by atoms with Gasteiger partial charge in [0.15, 0.2) is 5.78 Å². The molecule has 0 radical (unpaired) electrons. The molecule has 0 bridgehead atoms. The number of ether oxygens (including phenoxy) is 2. The third kappa shape index (κ3) is 6.70. The number of allylic oxidation sites excluding steroid dienone is 2. The largest absolute Gasteiger partial charge is 0.483 e. The second-order valence-electron chi connectivity index (χ2n) is 13.6. The molecule has 1 saturated carbocycles. The summed E-state index contributed by atoms with van der Waals surface area (Å²) in [6, 6.07) is 3.23. The monoisotopic (exact) mass is 654 g/mol. The molecule has 1 amide bonds. The van der Waals surface area contributed by atoms with Gasteiger partial charge in [-0.25, -0.2) is 4.98 Å². The summed E-state index contributed by atoms with van der Waals surface area (Å²) in [5.74, 6) is -0.872. The summed E-state index contributed by atoms with van der Waals surface area (Å²) in [7, 11) is 0. The number of halogens is 3. The molecule has 0 unspecified atom stereocenters. The highest BCUT2D eigenvalue weighted by atomic mass is 19.4. The average molecular weight is 655 g/mol. The number of benzene rings is 1. The van der Waals surface area contributed by atoms with E-state index < -0.39 is 34.8 Å². The molecule has 47 heavy (non-hydrogen) atoms. The maximum absolute atomic E-state index is 14.2. The number of amides is 1. The van der Waals surface area contributed by atoms with E-state index in [2.05, 4.69) is 18.1 Å². The molecule has 1 aromatic carbocycles. The van der Waals surface area contributed by atoms with Crippen molar-refractivity contribution in [1.29, 1.82) is 0 Å². The maximum Gasteiger partial charge on any atom is 0.418 e. The van der Waals surface area contributed by atoms with Crippen molar-refractivity contribution < 1.29 is 37.0 Å². The van der Waals surface area contributed by atoms with E-state index in [-0.39, 0.29) is 55.0 Å². The van der Waals surface area contributed by atoms with E-state index in [1.54, 1.807) is 30.9 Å². The van der Waals surface area contributed by atoms with Crippen molar-refractivity contribution in [1.82, 2.24) is 9.88 Å². The zero-order valence-corrected chi connectivity index (χ0v) is 27.6. The lowest BCUT2D eigenvalue weighted by Gasteiger charge is -2.37. The Hall–Kier alpha value is -3.69. The van der Waals surface area contributed by atoms with Crippen LogP contribution in [0.2, 0.25) is 0 Å². The minimum atomic E-state index is -4.56. The van der Waals surface area contributed by atoms with Crippen LogP contribution >= 0.6 is 0 Å². The number of alkyl halides is 3. The quantitative estimate of drug-likeness (QED) is 0.125. The summed E-state index contributed by atoms with van der Waals surface area (Å²) < 4.78 is 53.5. The van der Waals surface area contributed by atoms with Gasteiger partial charge in [0.05, 0.1) is 41.4 Å². The van der Waals surface area contributed by atoms with Gasteiger partial charge in [0.2, 0.25) is 5.91 Å². The number of aryl methyl sites for hydroxylation is 2. The number of pyridine rings is 1. The van der Waals surface area contributed by atoms with Crippen molar-refractivity contribution in [3.8, 4) is 5.75 Å². The van der Waals surface area contributed by atoms with E-state index in [9.17, 15) is 27.6 Å². The van der Waals surface area contributed by atoms with Crippen molar-refractivity contribution in [2.45, 2.75) is 103 Å². The van der Waals surface area contributed by atoms with Gasteiger partial charge in [-0.15, -0.1) is 13.2 Å². The fraction of sp³-hybridized carbons (Fsp3) is 0.568. The van der Waals surface area contributed by atoms with Crippen LogP contribution in [-0.2, 0) is 31.7 Å². The number of hydrogen-bond acceptors (Lipinski definition) is 6. The van der Waals surface area contributed by atoms with Gasteiger partial charge in [-0.3, -0.25) is 14.4 Å². The number of carbonyl (C=O) groups excluding carboxylic acids is 3. The molecule has 254 valence electrons. The van der Waals surface area contributed by atoms with Crippen LogP contribution in [-0.4, -0.2) is 52.3 Å². The number of hydrogen-bond donors (Lipinski definition) is 0. The van der Waals surface area contributed by atoms with Gasteiger partial charge in [0, 0.05) is 29.7 Å². The van der Waals surface area contributed by atoms with E-state index in [0.29, 0.717) is 48.1 Å². The third-order valence-corrected chi connectivity index (χ3v) is 10.3. The van der Waals surface area contributed by atoms with Gasteiger partial charge in [0.1, 0.15) is 11.4 Å². The number of fused-ring (bicyclic) bond motifs is 3. The predicted molar refractivity (Wildman–Crippen MR) is 173 cm³/mol. The molecule has 1 saturated heterocycles. The summed E-state index contributed by atoms with van der Waals surface area (Å²) >= 11 is 0. The van der Waals surface area contributed by atoms with Crippen molar-refractivity contribution >= 4 is 28.6 Å². The van der Waals surface area contributed by atoms with Gasteiger partial charge in [-0.2, -0.15) is 13.2 Å². The molecule has 5 atom stereocenters. The lowest BCUT2D eigenvalue weighted by atomic mass is 9.85. The maximum atomic E-state index is 14.2. The number of aromatic nitrogens is 1. The summed E-state index contributed by atoms with van der Waals surface area (Å²) in [6.45, 7) is 13.2. The van der Waals surface area contributed by atoms with Crippen molar-refractivity contribution in [2.75, 3.05) is 13.2 Å². The van der Waals surface area contributed by atoms with Gasteiger partial charge in [-0.05, 0) is 64.4 Å². The molecule has 3 aliphatic rings. The summed E-state index contributed by atoms with van der Waals surface area (Å²) in [4.78, 5) is 47.2. The lowest BCUT2D eigenvalue weighted by molar-refractivity contribution is -0.152. The minimum absolute atomic E-state index is 0.0645. The highest BCUT2D eigenvalue weighted by Gasteiger charge is 2.62. The Morgan fingerprint density at radius 2 is 1.96 bits per heavy atom. The van der Waals surface area contributed by atoms with Crippen LogP contribution in [0.25, 0.3) is 10.9 Å². The molecule has 1 aromatic heterocycles. The van der Waals surface area contributed by atoms with Crippen LogP contribution in [0, 0.1) is 24.2 Å². The lowest BCUT2D eigenvalue weighted by Crippen LogP contribution is -2.46. The van der Waals surface area contributed by atoms with Crippen LogP contribution in [0.3, 0.4) is 0 Å². The molecule has 10 heteroatoms. The van der Waals surface area contributed by atoms with E-state index in [4.69, 9.17) is 9.47 Å². The molecular formula is C37H45F3N2O5. The van der Waals surface area contributed by atoms with Gasteiger partial charge in [-0.1, -0.05) is 44.1 Å². The second-order valence-corrected chi connectivity index (χ2v) is 13.6. The van der Waals surface area contributed by atoms with Gasteiger partial charge >= 0.3 is 12.1 Å². The average Bonchev–Trinajstić information content (AvgIpc) is 3.63. The van der Waals surface area contributed by atoms with Crippen LogP contribution in [0.1, 0.15) is 88.5 Å². The number of likely N-dealkylation sites (tertiary alicyclic amines) is 1. The number of unbranched alkanes of at least 4 members (excludes halogenated alkanes) is 3. The third-order valence-electron chi connectivity index (χ3n) is 10.3. The number of nitrogens with zero attached hydrogens (tertiary/aromatic N) is 2. The topological polar surface area (TPSA) is 85.8 Å². The summed E-state index contributed by atoms with van der Waals surface area (Å²) in [5, 5.41) is 0.388. The Kier molecular flexibility index (Phi) is 9.90. The van der Waals surface area contributed by atoms with Crippen LogP contribution in [0.15, 0.2) is 43.5 Å². The molecule has 2 aliphatic heterocycles. The minimum Gasteiger partial charge on any atom is -0.483 e. The Balaban J connectivity index is 1.45. The number of rotatable bonds is 13. The molecule has 0 N–H and O–H groups in total. The van der Waals surface area contributed by atoms with Crippen molar-refractivity contribution in [2.24, 2.45) is 17.3 Å². The summed E-state index contributed by atoms with van der Waals surface area (Å²) in [6.07, 6.45) is 4.88. The second kappa shape index (κ2) is 13.4. The zero-order chi connectivity index (χ0) is 34.1. The van der Waals surface area contributed by atoms with Crippen molar-refractivity contribution in [3.05, 3.63) is 60.3 Å². The number of Topliss-reactive ketones (excluding diaryl/α,β-unsaturated/α-hetero) is 1. The fourth-order valence-corrected chi connectivity index (χ4v) is 7.60. The van der Waals surface area contributed by atoms with E-state index in [1.807, 2.05) is 13.0 Å². The van der Waals surface area contributed by atoms with Crippen molar-refractivity contribution in [3.63, 3.8) is 0 Å². The molecule has 2 fully saturated rings. The Morgan fingerprint density at radius 3 is 2.62 bits per heavy atom. The molecule has 1 aliphatic carbocycles. The molecule has 2 aromatic rings. The number of para-hydroxylation sites is 1. The van der Waals surface area contributed by atoms with Crippen LogP contribution < -0.4 is 4.74 Å². The standard InChI is InChI=1S/C37H45F3N2O5/c1-6-9-10-11-12-14-23(4)33(44)42-22-35(20-29(42)30(43)21-36(19-25(36)7-2)34(45)46-8-3)18-17-27-26-15-13-16-28(37(38,39)40)31(26)41-24(5)32(27)47-35/h6-7,13,15-16,23,25,29H,1-2,8-12,14,17-22H2,3-5H3/t23-,25+,29-,35+,36+/m0/s1. The van der Waals surface area contributed by atoms with E-state index in [1.165, 1.54) is 6.07 Å². The van der Waals surface area contributed by atoms with Gasteiger partial charge < -0.3 is 14.4 Å². The smallest absolute Gasteiger partial charge is 0.418 e. The highest BCUT2D eigenvalue weighted by molar-refractivity contribution is 5.95. The summed E-state index contributed by atoms with van der Waals surface area (Å²) in [5.41, 5.74) is -1.83. The Morgan fingerprint density at radius 1 is 1.19 bits per heavy atom. The number of ketones is 1. The van der Waals surface area contributed by atoms with Gasteiger partial charge in [0.25, 0.3) is 0 Å². The molecule has 5 rings (SSSR count). The first-order valence-electron chi connectivity index (χ1n) is 16.7. The normalized spacial score (nSPS) is 25.6. The zero-order valence-electron chi connectivity index (χ0n) is 27.6. The molecule has 1 spiro atoms. The Labute approximate surface area is 274 Å². The molecule has 3 heterocycles. The van der Waals surface area contributed by atoms with Crippen LogP contribution in [0.4, 0.5) is 13.2 Å². The fourth-order valence-electron chi connectivity index (χ4n) is 7.60. The predicted octanol–water partition coefficient (Wildman–Crippen LogP) is 7.71. The van der Waals surface area contributed by atoms with Crippen LogP contribution in [0.5, 0.6) is 5.75 Å². The highest BCUT2D eigenvalue weighted by Crippen LogP contribution is 2.58. The SMILES string of the molecule is C=CCCCCC[C@H](C)C(=O)N1C[C@@]2(CCc3c(c(C)nc4c(C(F)(F)F)cccc34)O2)C[C@H]1C(=O)C[C@]1(C(=O)OCC)C[C@H]1C=C. The first kappa shape index (κ1) is 34.6. The first-order chi connectivity index (χ1) is 22.3. The molecule has 7 nitrogen and oxygen atoms in total. The van der Waals surface area contributed by atoms with E-state index in [0.717, 1.165) is 31.7 Å². The number of esters is 1. The molecular weight excluding hydrogens is 609 g/mol. The van der Waals surface area contributed by atoms with E-state index >= 15 is 0 Å². The number of carbonyl (C=O) groups is 3.